The monoisotopic (exact) mass is 213 g/mol. The Labute approximate surface area is 98.4 Å². The van der Waals surface area contributed by atoms with E-state index >= 15 is 0 Å². The van der Waals surface area contributed by atoms with Crippen molar-refractivity contribution in [2.75, 3.05) is 0 Å². The van der Waals surface area contributed by atoms with E-state index in [1.54, 1.807) is 0 Å². The number of allylic oxidation sites excluding steroid dienone is 2. The van der Waals surface area contributed by atoms with E-state index in [2.05, 4.69) is 32.0 Å². The molecular formula is C15H19N. The van der Waals surface area contributed by atoms with Crippen molar-refractivity contribution in [3.63, 3.8) is 0 Å². The summed E-state index contributed by atoms with van der Waals surface area (Å²) in [5, 5.41) is 9.06. The largest absolute Gasteiger partial charge is 0.192 e. The van der Waals surface area contributed by atoms with Gasteiger partial charge in [0.1, 0.15) is 0 Å². The third-order valence-corrected chi connectivity index (χ3v) is 2.50. The van der Waals surface area contributed by atoms with Crippen LogP contribution in [-0.4, -0.2) is 0 Å². The molecule has 0 N–H and O–H groups in total. The van der Waals surface area contributed by atoms with Crippen LogP contribution < -0.4 is 0 Å². The first-order chi connectivity index (χ1) is 7.54. The molecule has 84 valence electrons. The van der Waals surface area contributed by atoms with Gasteiger partial charge < -0.3 is 0 Å². The maximum atomic E-state index is 9.06. The lowest BCUT2D eigenvalue weighted by Gasteiger charge is -2.06. The summed E-state index contributed by atoms with van der Waals surface area (Å²) in [6, 6.07) is 10.6. The Kier molecular flexibility index (Phi) is 4.31. The molecule has 0 bridgehead atoms. The van der Waals surface area contributed by atoms with Gasteiger partial charge in [-0.25, -0.2) is 0 Å². The highest BCUT2D eigenvalue weighted by molar-refractivity contribution is 5.78. The summed E-state index contributed by atoms with van der Waals surface area (Å²) in [6.07, 6.45) is 1.09. The summed E-state index contributed by atoms with van der Waals surface area (Å²) in [5.41, 5.74) is 4.22. The number of nitrogens with zero attached hydrogens (tertiary/aromatic N) is 1. The first-order valence-corrected chi connectivity index (χ1v) is 5.71. The molecule has 0 fully saturated rings. The van der Waals surface area contributed by atoms with E-state index in [0.29, 0.717) is 5.92 Å². The Morgan fingerprint density at radius 3 is 2.12 bits per heavy atom. The molecule has 0 aliphatic rings. The summed E-state index contributed by atoms with van der Waals surface area (Å²) >= 11 is 0. The van der Waals surface area contributed by atoms with Gasteiger partial charge >= 0.3 is 0 Å². The molecule has 0 aliphatic carbocycles. The summed E-state index contributed by atoms with van der Waals surface area (Å²) in [5.74, 6) is 0.671. The molecule has 16 heavy (non-hydrogen) atoms. The van der Waals surface area contributed by atoms with Crippen molar-refractivity contribution >= 4 is 5.57 Å². The average Bonchev–Trinajstić information content (AvgIpc) is 2.20. The van der Waals surface area contributed by atoms with Crippen molar-refractivity contribution in [2.24, 2.45) is 5.92 Å². The molecular weight excluding hydrogens is 194 g/mol. The van der Waals surface area contributed by atoms with Crippen LogP contribution in [0, 0.1) is 17.2 Å². The molecule has 0 spiro atoms. The molecule has 0 aromatic heterocycles. The fourth-order valence-electron chi connectivity index (χ4n) is 1.74. The fraction of sp³-hybridized carbons (Fsp3) is 0.400. The molecule has 0 unspecified atom stereocenters. The van der Waals surface area contributed by atoms with Crippen molar-refractivity contribution in [2.45, 2.75) is 34.1 Å². The van der Waals surface area contributed by atoms with Gasteiger partial charge in [0.2, 0.25) is 0 Å². The van der Waals surface area contributed by atoms with Crippen LogP contribution in [0.5, 0.6) is 0 Å². The third-order valence-electron chi connectivity index (χ3n) is 2.50. The smallest absolute Gasteiger partial charge is 0.0997 e. The van der Waals surface area contributed by atoms with Gasteiger partial charge in [0.25, 0.3) is 0 Å². The molecule has 0 atom stereocenters. The number of hydrogen-bond acceptors (Lipinski definition) is 1. The minimum Gasteiger partial charge on any atom is -0.192 e. The van der Waals surface area contributed by atoms with Gasteiger partial charge in [-0.1, -0.05) is 43.7 Å². The van der Waals surface area contributed by atoms with Crippen LogP contribution in [0.1, 0.15) is 38.8 Å². The van der Waals surface area contributed by atoms with Gasteiger partial charge in [-0.05, 0) is 37.3 Å². The standard InChI is InChI=1S/C15H19N/c1-11(2)9-13-5-7-14(8-6-13)15(10-16)12(3)4/h5-8,11H,9H2,1-4H3. The maximum absolute atomic E-state index is 9.06. The summed E-state index contributed by atoms with van der Waals surface area (Å²) < 4.78 is 0. The lowest BCUT2D eigenvalue weighted by Crippen LogP contribution is -1.94. The molecule has 0 aliphatic heterocycles. The van der Waals surface area contributed by atoms with Crippen LogP contribution in [0.25, 0.3) is 5.57 Å². The summed E-state index contributed by atoms with van der Waals surface area (Å²) in [7, 11) is 0. The zero-order chi connectivity index (χ0) is 12.1. The highest BCUT2D eigenvalue weighted by atomic mass is 14.3. The van der Waals surface area contributed by atoms with Gasteiger partial charge in [0, 0.05) is 0 Å². The van der Waals surface area contributed by atoms with Crippen LogP contribution >= 0.6 is 0 Å². The van der Waals surface area contributed by atoms with E-state index in [1.165, 1.54) is 5.56 Å². The van der Waals surface area contributed by atoms with Gasteiger partial charge in [0.05, 0.1) is 11.6 Å². The zero-order valence-electron chi connectivity index (χ0n) is 10.5. The minimum absolute atomic E-state index is 0.671. The second-order valence-electron chi connectivity index (χ2n) is 4.78. The fourth-order valence-corrected chi connectivity index (χ4v) is 1.74. The van der Waals surface area contributed by atoms with Crippen molar-refractivity contribution in [3.8, 4) is 6.07 Å². The van der Waals surface area contributed by atoms with Crippen LogP contribution in [0.3, 0.4) is 0 Å². The number of hydrogen-bond donors (Lipinski definition) is 0. The van der Waals surface area contributed by atoms with E-state index in [-0.39, 0.29) is 0 Å². The van der Waals surface area contributed by atoms with Crippen molar-refractivity contribution < 1.29 is 0 Å². The van der Waals surface area contributed by atoms with E-state index in [0.717, 1.165) is 23.1 Å². The van der Waals surface area contributed by atoms with Gasteiger partial charge in [-0.2, -0.15) is 5.26 Å². The Balaban J connectivity index is 2.96. The third kappa shape index (κ3) is 3.24. The zero-order valence-corrected chi connectivity index (χ0v) is 10.5. The molecule has 1 rings (SSSR count). The van der Waals surface area contributed by atoms with E-state index in [4.69, 9.17) is 5.26 Å². The lowest BCUT2D eigenvalue weighted by atomic mass is 9.98. The first kappa shape index (κ1) is 12.5. The van der Waals surface area contributed by atoms with E-state index in [1.807, 2.05) is 26.0 Å². The molecule has 1 nitrogen and oxygen atoms in total. The Morgan fingerprint density at radius 1 is 1.19 bits per heavy atom. The topological polar surface area (TPSA) is 23.8 Å². The molecule has 0 radical (unpaired) electrons. The maximum Gasteiger partial charge on any atom is 0.0997 e. The Morgan fingerprint density at radius 2 is 1.75 bits per heavy atom. The normalized spacial score (nSPS) is 10.0. The lowest BCUT2D eigenvalue weighted by molar-refractivity contribution is 0.647. The Bertz CT molecular complexity index is 412. The van der Waals surface area contributed by atoms with E-state index < -0.39 is 0 Å². The SMILES string of the molecule is CC(C)=C(C#N)c1ccc(CC(C)C)cc1. The average molecular weight is 213 g/mol. The minimum atomic E-state index is 0.671. The van der Waals surface area contributed by atoms with Crippen molar-refractivity contribution in [3.05, 3.63) is 41.0 Å². The second kappa shape index (κ2) is 5.51. The van der Waals surface area contributed by atoms with Crippen LogP contribution in [0.4, 0.5) is 0 Å². The summed E-state index contributed by atoms with van der Waals surface area (Å²) in [4.78, 5) is 0. The van der Waals surface area contributed by atoms with E-state index in [9.17, 15) is 0 Å². The predicted octanol–water partition coefficient (Wildman–Crippen LogP) is 4.20. The highest BCUT2D eigenvalue weighted by Crippen LogP contribution is 2.19. The second-order valence-corrected chi connectivity index (χ2v) is 4.78. The van der Waals surface area contributed by atoms with Gasteiger partial charge in [0.15, 0.2) is 0 Å². The summed E-state index contributed by atoms with van der Waals surface area (Å²) in [6.45, 7) is 8.37. The first-order valence-electron chi connectivity index (χ1n) is 5.71. The molecule has 1 heteroatoms. The molecule has 0 heterocycles. The van der Waals surface area contributed by atoms with Crippen LogP contribution in [-0.2, 0) is 6.42 Å². The number of nitriles is 1. The Hall–Kier alpha value is -1.55. The molecule has 1 aromatic rings. The van der Waals surface area contributed by atoms with Crippen molar-refractivity contribution in [1.82, 2.24) is 0 Å². The molecule has 0 saturated heterocycles. The quantitative estimate of drug-likeness (QED) is 0.690. The van der Waals surface area contributed by atoms with Crippen LogP contribution in [0.2, 0.25) is 0 Å². The van der Waals surface area contributed by atoms with Crippen molar-refractivity contribution in [1.29, 1.82) is 5.26 Å². The number of benzene rings is 1. The molecule has 1 aromatic carbocycles. The predicted molar refractivity (Wildman–Crippen MR) is 68.9 cm³/mol. The number of rotatable bonds is 3. The highest BCUT2D eigenvalue weighted by Gasteiger charge is 2.03. The van der Waals surface area contributed by atoms with Gasteiger partial charge in [-0.15, -0.1) is 0 Å². The van der Waals surface area contributed by atoms with Crippen LogP contribution in [0.15, 0.2) is 29.8 Å². The molecule has 0 saturated carbocycles. The van der Waals surface area contributed by atoms with Gasteiger partial charge in [-0.3, -0.25) is 0 Å². The molecule has 0 amide bonds.